The second kappa shape index (κ2) is 6.77. The molecule has 4 nitrogen and oxygen atoms in total. The van der Waals surface area contributed by atoms with Crippen LogP contribution in [0.15, 0.2) is 0 Å². The summed E-state index contributed by atoms with van der Waals surface area (Å²) in [7, 11) is 0. The fourth-order valence-corrected chi connectivity index (χ4v) is 1.70. The van der Waals surface area contributed by atoms with Crippen molar-refractivity contribution in [1.29, 1.82) is 5.41 Å². The normalized spacial score (nSPS) is 12.2. The van der Waals surface area contributed by atoms with Crippen LogP contribution in [-0.4, -0.2) is 23.0 Å². The molecule has 1 unspecified atom stereocenters. The van der Waals surface area contributed by atoms with Gasteiger partial charge in [-0.05, 0) is 13.3 Å². The number of ether oxygens (including phenoxy) is 1. The van der Waals surface area contributed by atoms with Crippen molar-refractivity contribution in [2.45, 2.75) is 31.9 Å². The van der Waals surface area contributed by atoms with Crippen molar-refractivity contribution in [1.82, 2.24) is 0 Å². The lowest BCUT2D eigenvalue weighted by atomic mass is 10.2. The second-order valence-electron chi connectivity index (χ2n) is 2.51. The highest BCUT2D eigenvalue weighted by molar-refractivity contribution is 8.14. The van der Waals surface area contributed by atoms with Gasteiger partial charge in [-0.25, -0.2) is 0 Å². The van der Waals surface area contributed by atoms with Crippen LogP contribution in [0.1, 0.15) is 26.7 Å². The first-order valence-corrected chi connectivity index (χ1v) is 5.17. The second-order valence-corrected chi connectivity index (χ2v) is 3.76. The van der Waals surface area contributed by atoms with Crippen molar-refractivity contribution in [2.24, 2.45) is 5.73 Å². The molecule has 3 N–H and O–H groups in total. The van der Waals surface area contributed by atoms with Crippen molar-refractivity contribution in [3.05, 3.63) is 0 Å². The number of nitrogens with one attached hydrogen (secondary N) is 1. The van der Waals surface area contributed by atoms with Crippen molar-refractivity contribution in [2.75, 3.05) is 6.61 Å². The van der Waals surface area contributed by atoms with Crippen molar-refractivity contribution in [3.8, 4) is 0 Å². The molecule has 0 saturated heterocycles. The molecule has 0 aliphatic carbocycles. The fourth-order valence-electron chi connectivity index (χ4n) is 0.876. The molecule has 0 spiro atoms. The number of carbonyl (C=O) groups excluding carboxylic acids is 1. The van der Waals surface area contributed by atoms with Gasteiger partial charge >= 0.3 is 5.97 Å². The fraction of sp³-hybridized carbons (Fsp3) is 0.750. The van der Waals surface area contributed by atoms with Gasteiger partial charge in [-0.1, -0.05) is 25.1 Å². The molecule has 0 amide bonds. The highest BCUT2D eigenvalue weighted by Crippen LogP contribution is 2.17. The molecule has 0 aliphatic rings. The van der Waals surface area contributed by atoms with Crippen LogP contribution in [0.25, 0.3) is 0 Å². The Kier molecular flexibility index (Phi) is 6.40. The predicted octanol–water partition coefficient (Wildman–Crippen LogP) is 1.34. The van der Waals surface area contributed by atoms with Gasteiger partial charge in [-0.3, -0.25) is 10.2 Å². The van der Waals surface area contributed by atoms with Gasteiger partial charge in [0.15, 0.2) is 5.17 Å². The molecule has 5 heteroatoms. The summed E-state index contributed by atoms with van der Waals surface area (Å²) in [6.45, 7) is 4.11. The number of amidine groups is 1. The van der Waals surface area contributed by atoms with Crippen molar-refractivity contribution >= 4 is 22.9 Å². The number of esters is 1. The lowest BCUT2D eigenvalue weighted by molar-refractivity contribution is -0.142. The molecule has 1 atom stereocenters. The summed E-state index contributed by atoms with van der Waals surface area (Å²) in [6.07, 6.45) is 1.58. The molecular formula is C8H16N2O2S. The Hall–Kier alpha value is -0.710. The van der Waals surface area contributed by atoms with E-state index in [0.29, 0.717) is 13.0 Å². The molecule has 0 aromatic heterocycles. The molecule has 0 aromatic rings. The summed E-state index contributed by atoms with van der Waals surface area (Å²) in [4.78, 5) is 11.3. The SMILES string of the molecule is CCCC(SC(=N)N)C(=O)OCC. The average Bonchev–Trinajstić information content (AvgIpc) is 2.03. The van der Waals surface area contributed by atoms with E-state index in [1.165, 1.54) is 0 Å². The van der Waals surface area contributed by atoms with E-state index in [1.54, 1.807) is 6.92 Å². The van der Waals surface area contributed by atoms with Gasteiger partial charge in [0.05, 0.1) is 6.61 Å². The Labute approximate surface area is 82.7 Å². The molecule has 0 fully saturated rings. The van der Waals surface area contributed by atoms with Crippen molar-refractivity contribution in [3.63, 3.8) is 0 Å². The first-order valence-electron chi connectivity index (χ1n) is 4.29. The summed E-state index contributed by atoms with van der Waals surface area (Å²) in [6, 6.07) is 0. The molecule has 0 rings (SSSR count). The Morgan fingerprint density at radius 3 is 2.62 bits per heavy atom. The zero-order chi connectivity index (χ0) is 10.3. The summed E-state index contributed by atoms with van der Waals surface area (Å²) in [5.74, 6) is -0.274. The first kappa shape index (κ1) is 12.3. The molecule has 76 valence electrons. The maximum Gasteiger partial charge on any atom is 0.319 e. The third-order valence-corrected chi connectivity index (χ3v) is 2.34. The minimum absolute atomic E-state index is 0.0356. The highest BCUT2D eigenvalue weighted by atomic mass is 32.2. The Balaban J connectivity index is 4.06. The van der Waals surface area contributed by atoms with Crippen LogP contribution in [0.3, 0.4) is 0 Å². The van der Waals surface area contributed by atoms with Crippen molar-refractivity contribution < 1.29 is 9.53 Å². The number of carbonyl (C=O) groups is 1. The zero-order valence-corrected chi connectivity index (χ0v) is 8.82. The number of hydrogen-bond acceptors (Lipinski definition) is 4. The van der Waals surface area contributed by atoms with Crippen LogP contribution in [0, 0.1) is 5.41 Å². The number of nitrogens with two attached hydrogens (primary N) is 1. The molecule has 13 heavy (non-hydrogen) atoms. The monoisotopic (exact) mass is 204 g/mol. The van der Waals surface area contributed by atoms with E-state index in [0.717, 1.165) is 18.2 Å². The molecule has 0 radical (unpaired) electrons. The maximum absolute atomic E-state index is 11.3. The smallest absolute Gasteiger partial charge is 0.319 e. The van der Waals surface area contributed by atoms with Gasteiger partial charge in [0.2, 0.25) is 0 Å². The van der Waals surface area contributed by atoms with Gasteiger partial charge in [0, 0.05) is 0 Å². The molecule has 0 bridgehead atoms. The maximum atomic E-state index is 11.3. The van der Waals surface area contributed by atoms with Crippen LogP contribution in [0.2, 0.25) is 0 Å². The summed E-state index contributed by atoms with van der Waals surface area (Å²) in [5.41, 5.74) is 5.20. The predicted molar refractivity (Wildman–Crippen MR) is 54.8 cm³/mol. The van der Waals surface area contributed by atoms with Gasteiger partial charge in [-0.15, -0.1) is 0 Å². The van der Waals surface area contributed by atoms with Gasteiger partial charge in [0.25, 0.3) is 0 Å². The number of rotatable bonds is 5. The molecule has 0 aliphatic heterocycles. The van der Waals surface area contributed by atoms with Gasteiger partial charge < -0.3 is 10.5 Å². The van der Waals surface area contributed by atoms with E-state index in [9.17, 15) is 4.79 Å². The largest absolute Gasteiger partial charge is 0.465 e. The third kappa shape index (κ3) is 5.52. The highest BCUT2D eigenvalue weighted by Gasteiger charge is 2.20. The molecule has 0 aromatic carbocycles. The van der Waals surface area contributed by atoms with E-state index >= 15 is 0 Å². The Morgan fingerprint density at radius 1 is 1.62 bits per heavy atom. The topological polar surface area (TPSA) is 76.2 Å². The van der Waals surface area contributed by atoms with E-state index in [1.807, 2.05) is 6.92 Å². The van der Waals surface area contributed by atoms with Crippen LogP contribution < -0.4 is 5.73 Å². The quantitative estimate of drug-likeness (QED) is 0.402. The summed E-state index contributed by atoms with van der Waals surface area (Å²) < 4.78 is 4.85. The Morgan fingerprint density at radius 2 is 2.23 bits per heavy atom. The van der Waals surface area contributed by atoms with Gasteiger partial charge in [-0.2, -0.15) is 0 Å². The lowest BCUT2D eigenvalue weighted by Gasteiger charge is -2.12. The van der Waals surface area contributed by atoms with Gasteiger partial charge in [0.1, 0.15) is 5.25 Å². The van der Waals surface area contributed by atoms with E-state index < -0.39 is 0 Å². The van der Waals surface area contributed by atoms with Crippen LogP contribution in [0.5, 0.6) is 0 Å². The number of thioether (sulfide) groups is 1. The molecular weight excluding hydrogens is 188 g/mol. The average molecular weight is 204 g/mol. The minimum Gasteiger partial charge on any atom is -0.465 e. The van der Waals surface area contributed by atoms with E-state index in [2.05, 4.69) is 0 Å². The Bertz CT molecular complexity index is 185. The molecule has 0 heterocycles. The zero-order valence-electron chi connectivity index (χ0n) is 8.00. The standard InChI is InChI=1S/C8H16N2O2S/c1-3-5-6(13-8(9)10)7(11)12-4-2/h6H,3-5H2,1-2H3,(H3,9,10). The van der Waals surface area contributed by atoms with Crippen LogP contribution in [-0.2, 0) is 9.53 Å². The van der Waals surface area contributed by atoms with Crippen LogP contribution >= 0.6 is 11.8 Å². The van der Waals surface area contributed by atoms with E-state index in [4.69, 9.17) is 15.9 Å². The summed E-state index contributed by atoms with van der Waals surface area (Å²) >= 11 is 1.06. The van der Waals surface area contributed by atoms with E-state index in [-0.39, 0.29) is 16.4 Å². The minimum atomic E-state index is -0.317. The third-order valence-electron chi connectivity index (χ3n) is 1.37. The first-order chi connectivity index (χ1) is 6.11. The lowest BCUT2D eigenvalue weighted by Crippen LogP contribution is -2.23. The summed E-state index contributed by atoms with van der Waals surface area (Å²) in [5, 5.41) is 6.71. The van der Waals surface area contributed by atoms with Crippen LogP contribution in [0.4, 0.5) is 0 Å². The number of hydrogen-bond donors (Lipinski definition) is 2. The molecule has 0 saturated carbocycles.